The van der Waals surface area contributed by atoms with E-state index in [0.29, 0.717) is 32.8 Å². The van der Waals surface area contributed by atoms with Gasteiger partial charge in [-0.15, -0.1) is 11.6 Å². The fourth-order valence-electron chi connectivity index (χ4n) is 3.75. The molecule has 0 aromatic rings. The van der Waals surface area contributed by atoms with E-state index in [-0.39, 0.29) is 35.3 Å². The summed E-state index contributed by atoms with van der Waals surface area (Å²) < 4.78 is 22.1. The molecule has 6 atom stereocenters. The minimum absolute atomic E-state index is 0.126. The molecular formula is C16H25ClN2O6. The normalized spacial score (nSPS) is 37.7. The summed E-state index contributed by atoms with van der Waals surface area (Å²) in [6.07, 6.45) is 1.40. The van der Waals surface area contributed by atoms with Crippen LogP contribution in [0.1, 0.15) is 19.3 Å². The number of imide groups is 1. The predicted octanol–water partition coefficient (Wildman–Crippen LogP) is 0.623. The van der Waals surface area contributed by atoms with E-state index in [2.05, 4.69) is 10.6 Å². The van der Waals surface area contributed by atoms with E-state index in [0.717, 1.165) is 12.8 Å². The molecule has 2 saturated heterocycles. The van der Waals surface area contributed by atoms with Gasteiger partial charge in [0.05, 0.1) is 49.9 Å². The average molecular weight is 377 g/mol. The molecule has 0 bridgehead atoms. The number of carbonyl (C=O) groups excluding carboxylic acids is 2. The van der Waals surface area contributed by atoms with Gasteiger partial charge in [-0.3, -0.25) is 10.1 Å². The van der Waals surface area contributed by atoms with Gasteiger partial charge in [0.1, 0.15) is 6.23 Å². The van der Waals surface area contributed by atoms with Gasteiger partial charge in [-0.2, -0.15) is 0 Å². The molecule has 9 heteroatoms. The number of halogens is 1. The summed E-state index contributed by atoms with van der Waals surface area (Å²) in [5.74, 6) is -0.429. The maximum absolute atomic E-state index is 12.0. The van der Waals surface area contributed by atoms with Crippen LogP contribution < -0.4 is 10.6 Å². The third-order valence-corrected chi connectivity index (χ3v) is 5.55. The molecule has 0 radical (unpaired) electrons. The summed E-state index contributed by atoms with van der Waals surface area (Å²) in [6, 6.07) is -0.521. The lowest BCUT2D eigenvalue weighted by atomic mass is 9.76. The second-order valence-electron chi connectivity index (χ2n) is 6.62. The van der Waals surface area contributed by atoms with Gasteiger partial charge in [-0.1, -0.05) is 0 Å². The number of rotatable bonds is 7. The maximum atomic E-state index is 12.0. The molecule has 25 heavy (non-hydrogen) atoms. The molecule has 2 heterocycles. The summed E-state index contributed by atoms with van der Waals surface area (Å²) in [5.41, 5.74) is 0. The Kier molecular flexibility index (Phi) is 6.51. The molecule has 6 unspecified atom stereocenters. The lowest BCUT2D eigenvalue weighted by molar-refractivity contribution is -0.171. The molecule has 3 aliphatic rings. The zero-order valence-electron chi connectivity index (χ0n) is 14.2. The highest BCUT2D eigenvalue weighted by Gasteiger charge is 2.50. The SMILES string of the molecule is COCCOCCOC1CCC2CC3C(=O)NC(=O)NC3OC2C1Cl. The van der Waals surface area contributed by atoms with Crippen LogP contribution in [0.3, 0.4) is 0 Å². The number of ether oxygens (including phenoxy) is 4. The fraction of sp³-hybridized carbons (Fsp3) is 0.875. The third-order valence-electron chi connectivity index (χ3n) is 5.02. The molecule has 2 N–H and O–H groups in total. The van der Waals surface area contributed by atoms with E-state index < -0.39 is 12.3 Å². The number of carbonyl (C=O) groups is 2. The predicted molar refractivity (Wildman–Crippen MR) is 88.2 cm³/mol. The highest BCUT2D eigenvalue weighted by atomic mass is 35.5. The van der Waals surface area contributed by atoms with Crippen molar-refractivity contribution >= 4 is 23.5 Å². The highest BCUT2D eigenvalue weighted by Crippen LogP contribution is 2.41. The van der Waals surface area contributed by atoms with Gasteiger partial charge in [0.15, 0.2) is 0 Å². The maximum Gasteiger partial charge on any atom is 0.323 e. The molecule has 3 rings (SSSR count). The van der Waals surface area contributed by atoms with Crippen LogP contribution in [0.2, 0.25) is 0 Å². The van der Waals surface area contributed by atoms with Crippen LogP contribution in [0.5, 0.6) is 0 Å². The molecule has 1 aliphatic carbocycles. The number of methoxy groups -OCH3 is 1. The summed E-state index contributed by atoms with van der Waals surface area (Å²) in [6.45, 7) is 2.04. The van der Waals surface area contributed by atoms with Crippen molar-refractivity contribution in [3.8, 4) is 0 Å². The van der Waals surface area contributed by atoms with E-state index in [9.17, 15) is 9.59 Å². The topological polar surface area (TPSA) is 95.1 Å². The van der Waals surface area contributed by atoms with E-state index >= 15 is 0 Å². The molecule has 142 valence electrons. The molecule has 0 aromatic heterocycles. The van der Waals surface area contributed by atoms with E-state index in [1.165, 1.54) is 0 Å². The lowest BCUT2D eigenvalue weighted by Crippen LogP contribution is -2.65. The minimum Gasteiger partial charge on any atom is -0.382 e. The van der Waals surface area contributed by atoms with Gasteiger partial charge in [0.2, 0.25) is 5.91 Å². The van der Waals surface area contributed by atoms with Crippen LogP contribution in [0, 0.1) is 11.8 Å². The molecule has 3 amide bonds. The smallest absolute Gasteiger partial charge is 0.323 e. The van der Waals surface area contributed by atoms with Gasteiger partial charge in [-0.25, -0.2) is 4.79 Å². The molecule has 0 aromatic carbocycles. The minimum atomic E-state index is -0.611. The first kappa shape index (κ1) is 18.8. The number of hydrogen-bond acceptors (Lipinski definition) is 6. The van der Waals surface area contributed by atoms with Crippen molar-refractivity contribution in [3.63, 3.8) is 0 Å². The van der Waals surface area contributed by atoms with Crippen LogP contribution >= 0.6 is 11.6 Å². The van der Waals surface area contributed by atoms with E-state index in [4.69, 9.17) is 30.5 Å². The average Bonchev–Trinajstić information content (AvgIpc) is 2.59. The summed E-state index contributed by atoms with van der Waals surface area (Å²) in [4.78, 5) is 23.5. The van der Waals surface area contributed by atoms with Crippen molar-refractivity contribution in [2.45, 2.75) is 43.1 Å². The number of nitrogens with one attached hydrogen (secondary N) is 2. The Bertz CT molecular complexity index is 493. The Morgan fingerprint density at radius 2 is 2.00 bits per heavy atom. The lowest BCUT2D eigenvalue weighted by Gasteiger charge is -2.48. The number of alkyl halides is 1. The monoisotopic (exact) mass is 376 g/mol. The number of urea groups is 1. The van der Waals surface area contributed by atoms with Crippen molar-refractivity contribution < 1.29 is 28.5 Å². The standard InChI is InChI=1S/C16H25ClN2O6/c1-22-4-5-23-6-7-24-11-3-2-9-8-10-14(20)18-16(21)19-15(10)25-13(9)12(11)17/h9-13,15H,2-8H2,1H3,(H2,18,19,20,21). The summed E-state index contributed by atoms with van der Waals surface area (Å²) in [7, 11) is 1.63. The second kappa shape index (κ2) is 8.64. The first-order valence-corrected chi connectivity index (χ1v) is 9.13. The van der Waals surface area contributed by atoms with Crippen LogP contribution in [0.25, 0.3) is 0 Å². The van der Waals surface area contributed by atoms with Gasteiger partial charge < -0.3 is 24.3 Å². The van der Waals surface area contributed by atoms with E-state index in [1.54, 1.807) is 7.11 Å². The molecule has 3 fully saturated rings. The number of fused-ring (bicyclic) bond motifs is 2. The molecule has 1 saturated carbocycles. The van der Waals surface area contributed by atoms with Gasteiger partial charge in [-0.05, 0) is 25.2 Å². The Morgan fingerprint density at radius 1 is 1.20 bits per heavy atom. The Balaban J connectivity index is 1.49. The molecule has 2 aliphatic heterocycles. The summed E-state index contributed by atoms with van der Waals surface area (Å²) in [5, 5.41) is 4.64. The molecule has 0 spiro atoms. The summed E-state index contributed by atoms with van der Waals surface area (Å²) >= 11 is 6.60. The van der Waals surface area contributed by atoms with Crippen LogP contribution in [0.4, 0.5) is 4.79 Å². The Labute approximate surface area is 151 Å². The zero-order chi connectivity index (χ0) is 17.8. The first-order chi connectivity index (χ1) is 12.1. The van der Waals surface area contributed by atoms with E-state index in [1.807, 2.05) is 0 Å². The van der Waals surface area contributed by atoms with Crippen LogP contribution in [-0.4, -0.2) is 69.3 Å². The fourth-order valence-corrected chi connectivity index (χ4v) is 4.22. The van der Waals surface area contributed by atoms with Gasteiger partial charge >= 0.3 is 6.03 Å². The molecule has 8 nitrogen and oxygen atoms in total. The number of hydrogen-bond donors (Lipinski definition) is 2. The second-order valence-corrected chi connectivity index (χ2v) is 7.13. The van der Waals surface area contributed by atoms with Crippen molar-refractivity contribution in [1.82, 2.24) is 10.6 Å². The Hall–Kier alpha value is -0.930. The van der Waals surface area contributed by atoms with Gasteiger partial charge in [0, 0.05) is 7.11 Å². The van der Waals surface area contributed by atoms with Crippen molar-refractivity contribution in [1.29, 1.82) is 0 Å². The first-order valence-electron chi connectivity index (χ1n) is 8.69. The number of amides is 3. The van der Waals surface area contributed by atoms with Crippen molar-refractivity contribution in [2.24, 2.45) is 11.8 Å². The molecular weight excluding hydrogens is 352 g/mol. The Morgan fingerprint density at radius 3 is 2.80 bits per heavy atom. The quantitative estimate of drug-likeness (QED) is 0.499. The third kappa shape index (κ3) is 4.43. The van der Waals surface area contributed by atoms with Crippen molar-refractivity contribution in [2.75, 3.05) is 33.5 Å². The largest absolute Gasteiger partial charge is 0.382 e. The van der Waals surface area contributed by atoms with Gasteiger partial charge in [0.25, 0.3) is 0 Å². The zero-order valence-corrected chi connectivity index (χ0v) is 15.0. The highest BCUT2D eigenvalue weighted by molar-refractivity contribution is 6.21. The van der Waals surface area contributed by atoms with Crippen LogP contribution in [-0.2, 0) is 23.7 Å². The van der Waals surface area contributed by atoms with Crippen molar-refractivity contribution in [3.05, 3.63) is 0 Å². The van der Waals surface area contributed by atoms with Crippen LogP contribution in [0.15, 0.2) is 0 Å².